The molecular formula is C28H22N2O3. The van der Waals surface area contributed by atoms with Crippen molar-refractivity contribution in [2.75, 3.05) is 4.90 Å². The van der Waals surface area contributed by atoms with Crippen molar-refractivity contribution in [1.29, 1.82) is 0 Å². The summed E-state index contributed by atoms with van der Waals surface area (Å²) >= 11 is 0. The topological polar surface area (TPSA) is 58.7 Å². The molecule has 2 atom stereocenters. The number of anilines is 1. The zero-order chi connectivity index (χ0) is 22.4. The second kappa shape index (κ2) is 7.71. The van der Waals surface area contributed by atoms with Gasteiger partial charge in [0.1, 0.15) is 17.3 Å². The molecule has 1 aliphatic rings. The minimum Gasteiger partial charge on any atom is -0.507 e. The Hall–Kier alpha value is -4.25. The molecule has 1 N–H and O–H groups in total. The fraction of sp³-hybridized carbons (Fsp3) is 0.107. The van der Waals surface area contributed by atoms with E-state index in [4.69, 9.17) is 9.26 Å². The highest BCUT2D eigenvalue weighted by Crippen LogP contribution is 2.50. The summed E-state index contributed by atoms with van der Waals surface area (Å²) in [5.74, 6) is 2.31. The first-order chi connectivity index (χ1) is 16.2. The van der Waals surface area contributed by atoms with E-state index in [9.17, 15) is 5.11 Å². The zero-order valence-corrected chi connectivity index (χ0v) is 18.1. The van der Waals surface area contributed by atoms with Gasteiger partial charge >= 0.3 is 0 Å². The number of nitrogens with zero attached hydrogens (tertiary/aromatic N) is 2. The minimum atomic E-state index is -0.602. The molecule has 2 heterocycles. The lowest BCUT2D eigenvalue weighted by Gasteiger charge is -2.44. The van der Waals surface area contributed by atoms with Crippen LogP contribution in [0.3, 0.4) is 0 Å². The number of para-hydroxylation sites is 1. The Kier molecular flexibility index (Phi) is 4.54. The number of aromatic hydroxyl groups is 1. The quantitative estimate of drug-likeness (QED) is 0.350. The molecule has 5 aromatic rings. The number of phenols is 1. The number of fused-ring (bicyclic) bond motifs is 3. The van der Waals surface area contributed by atoms with E-state index in [1.165, 1.54) is 0 Å². The summed E-state index contributed by atoms with van der Waals surface area (Å²) in [7, 11) is 0. The first kappa shape index (κ1) is 19.4. The summed E-state index contributed by atoms with van der Waals surface area (Å²) in [6.45, 7) is 1.87. The van der Waals surface area contributed by atoms with Gasteiger partial charge in [-0.25, -0.2) is 0 Å². The number of aromatic nitrogens is 1. The van der Waals surface area contributed by atoms with Crippen LogP contribution in [0.4, 0.5) is 5.82 Å². The molecule has 0 bridgehead atoms. The van der Waals surface area contributed by atoms with Gasteiger partial charge in [-0.15, -0.1) is 0 Å². The fourth-order valence-electron chi connectivity index (χ4n) is 4.71. The molecule has 1 aromatic heterocycles. The van der Waals surface area contributed by atoms with Crippen LogP contribution in [0.15, 0.2) is 102 Å². The van der Waals surface area contributed by atoms with Gasteiger partial charge in [0.25, 0.3) is 0 Å². The van der Waals surface area contributed by atoms with Crippen molar-refractivity contribution < 1.29 is 14.4 Å². The lowest BCUT2D eigenvalue weighted by Crippen LogP contribution is -2.40. The lowest BCUT2D eigenvalue weighted by atomic mass is 9.89. The van der Waals surface area contributed by atoms with Gasteiger partial charge in [0.15, 0.2) is 5.82 Å². The zero-order valence-electron chi connectivity index (χ0n) is 18.1. The van der Waals surface area contributed by atoms with Crippen molar-refractivity contribution in [2.45, 2.75) is 19.2 Å². The maximum absolute atomic E-state index is 10.8. The van der Waals surface area contributed by atoms with Gasteiger partial charge in [-0.3, -0.25) is 0 Å². The molecule has 6 rings (SSSR count). The summed E-state index contributed by atoms with van der Waals surface area (Å²) in [6.07, 6.45) is -0.602. The summed E-state index contributed by atoms with van der Waals surface area (Å²) in [5.41, 5.74) is 2.82. The van der Waals surface area contributed by atoms with Gasteiger partial charge in [0.05, 0.1) is 11.6 Å². The van der Waals surface area contributed by atoms with Crippen LogP contribution in [0, 0.1) is 6.92 Å². The molecule has 0 saturated heterocycles. The van der Waals surface area contributed by atoms with Crippen molar-refractivity contribution in [1.82, 2.24) is 5.16 Å². The predicted octanol–water partition coefficient (Wildman–Crippen LogP) is 6.53. The molecule has 0 aliphatic carbocycles. The van der Waals surface area contributed by atoms with Crippen LogP contribution in [-0.2, 0) is 0 Å². The van der Waals surface area contributed by atoms with Gasteiger partial charge in [-0.2, -0.15) is 0 Å². The van der Waals surface area contributed by atoms with Gasteiger partial charge < -0.3 is 19.3 Å². The van der Waals surface area contributed by atoms with Gasteiger partial charge in [-0.05, 0) is 41.5 Å². The van der Waals surface area contributed by atoms with Crippen molar-refractivity contribution >= 4 is 16.6 Å². The molecule has 33 heavy (non-hydrogen) atoms. The SMILES string of the molecule is Cc1cc(N2C(c3ccccc3O)Oc3ccc4ccccc4c3C2c2ccccc2)no1. The molecule has 1 aliphatic heterocycles. The number of hydrogen-bond donors (Lipinski definition) is 1. The highest BCUT2D eigenvalue weighted by atomic mass is 16.5. The Labute approximate surface area is 191 Å². The molecule has 0 radical (unpaired) electrons. The monoisotopic (exact) mass is 434 g/mol. The third-order valence-electron chi connectivity index (χ3n) is 6.17. The third-order valence-corrected chi connectivity index (χ3v) is 6.17. The molecule has 0 saturated carbocycles. The number of ether oxygens (including phenoxy) is 1. The van der Waals surface area contributed by atoms with Crippen LogP contribution in [-0.4, -0.2) is 10.3 Å². The molecule has 2 unspecified atom stereocenters. The Morgan fingerprint density at radius 2 is 1.61 bits per heavy atom. The number of rotatable bonds is 3. The average molecular weight is 434 g/mol. The second-order valence-corrected chi connectivity index (χ2v) is 8.24. The second-order valence-electron chi connectivity index (χ2n) is 8.24. The smallest absolute Gasteiger partial charge is 0.204 e. The molecule has 0 amide bonds. The van der Waals surface area contributed by atoms with E-state index in [0.717, 1.165) is 27.6 Å². The number of phenolic OH excluding ortho intramolecular Hbond substituents is 1. The summed E-state index contributed by atoms with van der Waals surface area (Å²) in [5, 5.41) is 17.4. The van der Waals surface area contributed by atoms with E-state index in [2.05, 4.69) is 40.4 Å². The predicted molar refractivity (Wildman–Crippen MR) is 127 cm³/mol. The van der Waals surface area contributed by atoms with E-state index < -0.39 is 6.23 Å². The van der Waals surface area contributed by atoms with Crippen LogP contribution < -0.4 is 9.64 Å². The van der Waals surface area contributed by atoms with E-state index in [1.807, 2.05) is 67.6 Å². The Morgan fingerprint density at radius 3 is 2.39 bits per heavy atom. The summed E-state index contributed by atoms with van der Waals surface area (Å²) in [6, 6.07) is 31.7. The van der Waals surface area contributed by atoms with Crippen molar-refractivity contribution in [3.05, 3.63) is 120 Å². The van der Waals surface area contributed by atoms with Crippen LogP contribution in [0.5, 0.6) is 11.5 Å². The molecule has 0 fully saturated rings. The van der Waals surface area contributed by atoms with Crippen LogP contribution >= 0.6 is 0 Å². The number of hydrogen-bond acceptors (Lipinski definition) is 5. The Bertz CT molecular complexity index is 1440. The largest absolute Gasteiger partial charge is 0.507 e. The van der Waals surface area contributed by atoms with E-state index in [-0.39, 0.29) is 11.8 Å². The lowest BCUT2D eigenvalue weighted by molar-refractivity contribution is 0.165. The fourth-order valence-corrected chi connectivity index (χ4v) is 4.71. The minimum absolute atomic E-state index is 0.170. The Balaban J connectivity index is 1.68. The Morgan fingerprint density at radius 1 is 0.848 bits per heavy atom. The van der Waals surface area contributed by atoms with E-state index in [1.54, 1.807) is 6.07 Å². The number of aryl methyl sites for hydroxylation is 1. The highest BCUT2D eigenvalue weighted by Gasteiger charge is 2.41. The number of benzene rings is 4. The standard InChI is InChI=1S/C28H22N2O3/c1-18-17-25(29-33-18)30-27(20-10-3-2-4-11-20)26-21-12-6-5-9-19(21)15-16-24(26)32-28(30)22-13-7-8-14-23(22)31/h2-17,27-28,31H,1H3. The summed E-state index contributed by atoms with van der Waals surface area (Å²) < 4.78 is 12.1. The molecule has 4 aromatic carbocycles. The molecule has 5 nitrogen and oxygen atoms in total. The first-order valence-electron chi connectivity index (χ1n) is 10.9. The van der Waals surface area contributed by atoms with Crippen molar-refractivity contribution in [2.24, 2.45) is 0 Å². The van der Waals surface area contributed by atoms with Gasteiger partial charge in [0, 0.05) is 11.6 Å². The van der Waals surface area contributed by atoms with Crippen LogP contribution in [0.2, 0.25) is 0 Å². The van der Waals surface area contributed by atoms with Gasteiger partial charge in [-0.1, -0.05) is 78.0 Å². The van der Waals surface area contributed by atoms with Crippen molar-refractivity contribution in [3.8, 4) is 11.5 Å². The average Bonchev–Trinajstić information content (AvgIpc) is 3.29. The van der Waals surface area contributed by atoms with E-state index >= 15 is 0 Å². The molecule has 162 valence electrons. The maximum Gasteiger partial charge on any atom is 0.204 e. The third kappa shape index (κ3) is 3.21. The van der Waals surface area contributed by atoms with E-state index in [0.29, 0.717) is 17.1 Å². The molecular weight excluding hydrogens is 412 g/mol. The summed E-state index contributed by atoms with van der Waals surface area (Å²) in [4.78, 5) is 2.09. The first-order valence-corrected chi connectivity index (χ1v) is 10.9. The van der Waals surface area contributed by atoms with Crippen LogP contribution in [0.1, 0.15) is 34.7 Å². The van der Waals surface area contributed by atoms with Crippen molar-refractivity contribution in [3.63, 3.8) is 0 Å². The molecule has 5 heteroatoms. The van der Waals surface area contributed by atoms with Gasteiger partial charge in [0.2, 0.25) is 6.23 Å². The van der Waals surface area contributed by atoms with Crippen LogP contribution in [0.25, 0.3) is 10.8 Å². The molecule has 0 spiro atoms. The highest BCUT2D eigenvalue weighted by molar-refractivity contribution is 5.89. The normalized spacial score (nSPS) is 17.5. The maximum atomic E-state index is 10.8.